The Bertz CT molecular complexity index is 996. The molecule has 2 atom stereocenters. The van der Waals surface area contributed by atoms with Crippen LogP contribution in [0.25, 0.3) is 0 Å². The molecule has 8 heteroatoms. The predicted molar refractivity (Wildman–Crippen MR) is 107 cm³/mol. The summed E-state index contributed by atoms with van der Waals surface area (Å²) in [6, 6.07) is 0. The van der Waals surface area contributed by atoms with E-state index in [4.69, 9.17) is 4.74 Å². The largest absolute Gasteiger partial charge is 0.507 e. The molecule has 1 aromatic carbocycles. The van der Waals surface area contributed by atoms with Crippen LogP contribution in [0.1, 0.15) is 75.9 Å². The van der Waals surface area contributed by atoms with Crippen LogP contribution < -0.4 is 0 Å². The number of carbonyl (C=O) groups is 2. The monoisotopic (exact) mass is 420 g/mol. The maximum atomic E-state index is 13.1. The van der Waals surface area contributed by atoms with Crippen molar-refractivity contribution in [3.8, 4) is 17.2 Å². The lowest BCUT2D eigenvalue weighted by Gasteiger charge is -2.52. The van der Waals surface area contributed by atoms with Crippen LogP contribution >= 0.6 is 0 Å². The van der Waals surface area contributed by atoms with E-state index in [2.05, 4.69) is 0 Å². The number of phenols is 3. The molecule has 2 aliphatic carbocycles. The number of aromatic hydroxyl groups is 3. The van der Waals surface area contributed by atoms with Gasteiger partial charge >= 0.3 is 5.97 Å². The quantitative estimate of drug-likeness (QED) is 0.279. The molecule has 0 radical (unpaired) electrons. The highest BCUT2D eigenvalue weighted by atomic mass is 16.5. The fourth-order valence-corrected chi connectivity index (χ4v) is 5.28. The Balaban J connectivity index is 2.37. The predicted octanol–water partition coefficient (Wildman–Crippen LogP) is 3.05. The second kappa shape index (κ2) is 6.38. The molecule has 1 fully saturated rings. The van der Waals surface area contributed by atoms with Crippen LogP contribution in [0.15, 0.2) is 11.3 Å². The lowest BCUT2D eigenvalue weighted by atomic mass is 9.53. The van der Waals surface area contributed by atoms with Gasteiger partial charge in [-0.25, -0.2) is 0 Å². The zero-order valence-corrected chi connectivity index (χ0v) is 18.0. The van der Waals surface area contributed by atoms with E-state index in [1.807, 2.05) is 0 Å². The number of Topliss-reactive ketones (excluding diaryl/α,β-unsaturated/α-hetero) is 1. The molecule has 0 aromatic heterocycles. The molecule has 1 saturated carbocycles. The number of esters is 1. The highest BCUT2D eigenvalue weighted by molar-refractivity contribution is 6.13. The Labute approximate surface area is 174 Å². The Morgan fingerprint density at radius 3 is 2.13 bits per heavy atom. The fraction of sp³-hybridized carbons (Fsp3) is 0.545. The number of allylic oxidation sites excluding steroid dienone is 1. The minimum Gasteiger partial charge on any atom is -0.507 e. The molecule has 0 amide bonds. The molecule has 0 bridgehead atoms. The van der Waals surface area contributed by atoms with Gasteiger partial charge in [-0.1, -0.05) is 20.8 Å². The van der Waals surface area contributed by atoms with E-state index in [0.717, 1.165) is 0 Å². The van der Waals surface area contributed by atoms with Crippen LogP contribution in [-0.4, -0.2) is 43.4 Å². The second-order valence-electron chi connectivity index (χ2n) is 9.47. The van der Waals surface area contributed by atoms with Gasteiger partial charge in [-0.3, -0.25) is 9.59 Å². The number of benzene rings is 1. The summed E-state index contributed by atoms with van der Waals surface area (Å²) in [5.74, 6) is -4.09. The van der Waals surface area contributed by atoms with E-state index >= 15 is 0 Å². The van der Waals surface area contributed by atoms with E-state index in [9.17, 15) is 35.1 Å². The van der Waals surface area contributed by atoms with Gasteiger partial charge in [0.25, 0.3) is 0 Å². The fourth-order valence-electron chi connectivity index (χ4n) is 5.28. The molecule has 0 aliphatic heterocycles. The lowest BCUT2D eigenvalue weighted by Crippen LogP contribution is -2.50. The van der Waals surface area contributed by atoms with Crippen molar-refractivity contribution in [2.75, 3.05) is 0 Å². The Hall–Kier alpha value is -2.74. The molecule has 8 nitrogen and oxygen atoms in total. The zero-order chi connectivity index (χ0) is 23.0. The van der Waals surface area contributed by atoms with Gasteiger partial charge in [-0.05, 0) is 32.3 Å². The van der Waals surface area contributed by atoms with Gasteiger partial charge < -0.3 is 30.3 Å². The average molecular weight is 420 g/mol. The first kappa shape index (κ1) is 22.0. The first-order valence-corrected chi connectivity index (χ1v) is 9.77. The maximum Gasteiger partial charge on any atom is 0.302 e. The molecule has 30 heavy (non-hydrogen) atoms. The van der Waals surface area contributed by atoms with Crippen molar-refractivity contribution in [2.45, 2.75) is 71.5 Å². The number of ketones is 1. The van der Waals surface area contributed by atoms with Crippen molar-refractivity contribution in [3.05, 3.63) is 28.0 Å². The highest BCUT2D eigenvalue weighted by Crippen LogP contribution is 2.62. The van der Waals surface area contributed by atoms with Crippen molar-refractivity contribution in [1.82, 2.24) is 0 Å². The van der Waals surface area contributed by atoms with Crippen LogP contribution in [0.3, 0.4) is 0 Å². The summed E-state index contributed by atoms with van der Waals surface area (Å²) in [4.78, 5) is 24.7. The van der Waals surface area contributed by atoms with Crippen LogP contribution in [0.4, 0.5) is 0 Å². The highest BCUT2D eigenvalue weighted by Gasteiger charge is 2.57. The summed E-state index contributed by atoms with van der Waals surface area (Å²) in [5.41, 5.74) is -4.39. The van der Waals surface area contributed by atoms with Crippen molar-refractivity contribution in [2.24, 2.45) is 5.41 Å². The Morgan fingerprint density at radius 2 is 1.63 bits per heavy atom. The smallest absolute Gasteiger partial charge is 0.302 e. The minimum atomic E-state index is -1.77. The number of rotatable bonds is 2. The van der Waals surface area contributed by atoms with Gasteiger partial charge in [0.1, 0.15) is 11.9 Å². The third kappa shape index (κ3) is 2.77. The number of fused-ring (bicyclic) bond motifs is 3. The third-order valence-electron chi connectivity index (χ3n) is 6.48. The van der Waals surface area contributed by atoms with E-state index in [1.165, 1.54) is 20.8 Å². The lowest BCUT2D eigenvalue weighted by molar-refractivity contribution is -0.153. The normalized spacial score (nSPS) is 25.6. The number of aliphatic hydroxyl groups excluding tert-OH is 1. The van der Waals surface area contributed by atoms with Crippen LogP contribution in [0, 0.1) is 5.41 Å². The summed E-state index contributed by atoms with van der Waals surface area (Å²) in [7, 11) is 0. The molecule has 2 unspecified atom stereocenters. The van der Waals surface area contributed by atoms with E-state index in [1.54, 1.807) is 20.8 Å². The Morgan fingerprint density at radius 1 is 1.07 bits per heavy atom. The van der Waals surface area contributed by atoms with E-state index in [0.29, 0.717) is 6.42 Å². The number of phenolic OH excluding ortho intramolecular Hbond substituents is 3. The third-order valence-corrected chi connectivity index (χ3v) is 6.48. The van der Waals surface area contributed by atoms with Gasteiger partial charge in [0.15, 0.2) is 17.3 Å². The molecule has 0 spiro atoms. The molecular weight excluding hydrogens is 392 g/mol. The second-order valence-corrected chi connectivity index (χ2v) is 9.47. The van der Waals surface area contributed by atoms with Gasteiger partial charge in [-0.15, -0.1) is 0 Å². The molecular formula is C22H28O8. The van der Waals surface area contributed by atoms with E-state index < -0.39 is 62.9 Å². The molecule has 0 saturated heterocycles. The van der Waals surface area contributed by atoms with Gasteiger partial charge in [0.2, 0.25) is 5.78 Å². The molecule has 5 N–H and O–H groups in total. The van der Waals surface area contributed by atoms with Crippen molar-refractivity contribution in [1.29, 1.82) is 0 Å². The van der Waals surface area contributed by atoms with E-state index in [-0.39, 0.29) is 23.1 Å². The summed E-state index contributed by atoms with van der Waals surface area (Å²) < 4.78 is 5.42. The number of hydrogen-bond donors (Lipinski definition) is 5. The number of ether oxygens (including phenoxy) is 1. The first-order chi connectivity index (χ1) is 13.6. The minimum absolute atomic E-state index is 0.0161. The van der Waals surface area contributed by atoms with Gasteiger partial charge in [-0.2, -0.15) is 0 Å². The van der Waals surface area contributed by atoms with Crippen molar-refractivity contribution < 1.29 is 39.9 Å². The topological polar surface area (TPSA) is 145 Å². The Kier molecular flexibility index (Phi) is 4.67. The average Bonchev–Trinajstić information content (AvgIpc) is 2.57. The van der Waals surface area contributed by atoms with Crippen LogP contribution in [0.5, 0.6) is 17.2 Å². The van der Waals surface area contributed by atoms with Crippen molar-refractivity contribution >= 4 is 11.8 Å². The van der Waals surface area contributed by atoms with Crippen LogP contribution in [0.2, 0.25) is 0 Å². The number of aliphatic hydroxyl groups is 2. The summed E-state index contributed by atoms with van der Waals surface area (Å²) in [6.45, 7) is 9.00. The first-order valence-electron chi connectivity index (χ1n) is 9.77. The zero-order valence-electron chi connectivity index (χ0n) is 18.0. The summed E-state index contributed by atoms with van der Waals surface area (Å²) in [5, 5.41) is 53.6. The molecule has 164 valence electrons. The van der Waals surface area contributed by atoms with Gasteiger partial charge in [0.05, 0.1) is 16.7 Å². The molecule has 2 aliphatic rings. The maximum absolute atomic E-state index is 13.1. The number of carbonyl (C=O) groups excluding carboxylic acids is 2. The van der Waals surface area contributed by atoms with Crippen LogP contribution in [-0.2, 0) is 20.5 Å². The molecule has 0 heterocycles. The standard InChI is InChI=1S/C22H28O8/c1-9(23)30-10-7-8-22(6)12-11(15(25)18(28)19(22)20(10,2)3)14(24)13(21(4,5)29)17(27)16(12)26/h10,24,26-29H,7-8H2,1-6H3. The summed E-state index contributed by atoms with van der Waals surface area (Å²) in [6.07, 6.45) is 0.0129. The summed E-state index contributed by atoms with van der Waals surface area (Å²) >= 11 is 0. The molecule has 1 aromatic rings. The van der Waals surface area contributed by atoms with Crippen molar-refractivity contribution in [3.63, 3.8) is 0 Å². The molecule has 3 rings (SSSR count). The SMILES string of the molecule is CC(=O)OC1CCC2(C)C(=C(O)C(=O)c3c(O)c(C(C)(C)O)c(O)c(O)c32)C1(C)C. The van der Waals surface area contributed by atoms with Gasteiger partial charge in [0, 0.05) is 23.3 Å². The number of hydrogen-bond acceptors (Lipinski definition) is 8.